The minimum Gasteiger partial charge on any atom is -0.392 e. The number of hydrogen-bond acceptors (Lipinski definition) is 3. The van der Waals surface area contributed by atoms with E-state index in [0.29, 0.717) is 21.4 Å². The Labute approximate surface area is 108 Å². The van der Waals surface area contributed by atoms with Crippen molar-refractivity contribution in [3.63, 3.8) is 0 Å². The van der Waals surface area contributed by atoms with Gasteiger partial charge in [0.1, 0.15) is 4.88 Å². The van der Waals surface area contributed by atoms with Gasteiger partial charge >= 0.3 is 0 Å². The smallest absolute Gasteiger partial charge is 0.266 e. The summed E-state index contributed by atoms with van der Waals surface area (Å²) in [6.07, 6.45) is 1.79. The summed E-state index contributed by atoms with van der Waals surface area (Å²) in [6, 6.07) is 1.62. The molecule has 1 aromatic rings. The van der Waals surface area contributed by atoms with Crippen LogP contribution < -0.4 is 5.73 Å². The highest BCUT2D eigenvalue weighted by molar-refractivity contribution is 7.80. The van der Waals surface area contributed by atoms with Crippen LogP contribution in [0.15, 0.2) is 11.4 Å². The van der Waals surface area contributed by atoms with Gasteiger partial charge in [-0.1, -0.05) is 23.8 Å². The summed E-state index contributed by atoms with van der Waals surface area (Å²) in [5.74, 6) is -0.0599. The van der Waals surface area contributed by atoms with Gasteiger partial charge in [0.2, 0.25) is 0 Å². The lowest BCUT2D eigenvalue weighted by atomic mass is 10.2. The highest BCUT2D eigenvalue weighted by atomic mass is 35.5. The van der Waals surface area contributed by atoms with E-state index in [1.54, 1.807) is 16.3 Å². The zero-order valence-electron chi connectivity index (χ0n) is 8.48. The number of nitrogens with two attached hydrogens (primary N) is 1. The van der Waals surface area contributed by atoms with Gasteiger partial charge in [-0.2, -0.15) is 0 Å². The van der Waals surface area contributed by atoms with Crippen molar-refractivity contribution < 1.29 is 4.79 Å². The second-order valence-electron chi connectivity index (χ2n) is 3.66. The lowest BCUT2D eigenvalue weighted by Crippen LogP contribution is -2.42. The fourth-order valence-electron chi connectivity index (χ4n) is 1.88. The molecule has 0 saturated carbocycles. The molecule has 1 fully saturated rings. The Kier molecular flexibility index (Phi) is 3.47. The van der Waals surface area contributed by atoms with Crippen LogP contribution in [-0.2, 0) is 0 Å². The van der Waals surface area contributed by atoms with Crippen LogP contribution in [0.25, 0.3) is 0 Å². The molecule has 2 N–H and O–H groups in total. The average molecular weight is 275 g/mol. The van der Waals surface area contributed by atoms with E-state index < -0.39 is 0 Å². The number of thiocarbonyl (C=S) groups is 1. The first kappa shape index (κ1) is 11.8. The molecule has 1 aliphatic heterocycles. The molecule has 6 heteroatoms. The summed E-state index contributed by atoms with van der Waals surface area (Å²) >= 11 is 12.3. The Balaban J connectivity index is 2.22. The number of likely N-dealkylation sites (tertiary alicyclic amines) is 1. The van der Waals surface area contributed by atoms with Crippen LogP contribution in [0.3, 0.4) is 0 Å². The van der Waals surface area contributed by atoms with Gasteiger partial charge in [-0.15, -0.1) is 11.3 Å². The SMILES string of the molecule is NC(=S)C1CCCN1C(=O)c1sccc1Cl. The van der Waals surface area contributed by atoms with Gasteiger partial charge < -0.3 is 10.6 Å². The van der Waals surface area contributed by atoms with Gasteiger partial charge in [0.15, 0.2) is 0 Å². The van der Waals surface area contributed by atoms with E-state index in [4.69, 9.17) is 29.6 Å². The van der Waals surface area contributed by atoms with Gasteiger partial charge in [-0.3, -0.25) is 4.79 Å². The molecule has 0 radical (unpaired) electrons. The molecule has 2 rings (SSSR count). The first-order valence-corrected chi connectivity index (χ1v) is 6.61. The van der Waals surface area contributed by atoms with Crippen LogP contribution >= 0.6 is 35.2 Å². The first-order valence-electron chi connectivity index (χ1n) is 4.94. The van der Waals surface area contributed by atoms with Crippen LogP contribution in [-0.4, -0.2) is 28.4 Å². The highest BCUT2D eigenvalue weighted by Gasteiger charge is 2.32. The molecule has 0 spiro atoms. The normalized spacial score (nSPS) is 20.1. The van der Waals surface area contributed by atoms with E-state index in [1.165, 1.54) is 11.3 Å². The minimum absolute atomic E-state index is 0.0599. The first-order chi connectivity index (χ1) is 7.61. The van der Waals surface area contributed by atoms with Crippen LogP contribution in [0.1, 0.15) is 22.5 Å². The zero-order chi connectivity index (χ0) is 11.7. The largest absolute Gasteiger partial charge is 0.392 e. The van der Waals surface area contributed by atoms with Gasteiger partial charge in [0.25, 0.3) is 5.91 Å². The van der Waals surface area contributed by atoms with Gasteiger partial charge in [0.05, 0.1) is 16.1 Å². The molecular formula is C10H11ClN2OS2. The predicted molar refractivity (Wildman–Crippen MR) is 70.2 cm³/mol. The molecular weight excluding hydrogens is 264 g/mol. The molecule has 16 heavy (non-hydrogen) atoms. The van der Waals surface area contributed by atoms with Crippen LogP contribution in [0.2, 0.25) is 5.02 Å². The van der Waals surface area contributed by atoms with Gasteiger partial charge in [-0.05, 0) is 24.3 Å². The number of rotatable bonds is 2. The average Bonchev–Trinajstić information content (AvgIpc) is 2.84. The third-order valence-corrected chi connectivity index (χ3v) is 4.26. The van der Waals surface area contributed by atoms with Crippen molar-refractivity contribution in [2.45, 2.75) is 18.9 Å². The molecule has 0 aromatic carbocycles. The number of thiophene rings is 1. The number of carbonyl (C=O) groups excluding carboxylic acids is 1. The summed E-state index contributed by atoms with van der Waals surface area (Å²) in [7, 11) is 0. The minimum atomic E-state index is -0.110. The van der Waals surface area contributed by atoms with Gasteiger partial charge in [-0.25, -0.2) is 0 Å². The third kappa shape index (κ3) is 2.07. The molecule has 86 valence electrons. The number of nitrogens with zero attached hydrogens (tertiary/aromatic N) is 1. The quantitative estimate of drug-likeness (QED) is 0.842. The molecule has 1 amide bonds. The van der Waals surface area contributed by atoms with Crippen molar-refractivity contribution in [3.8, 4) is 0 Å². The molecule has 1 saturated heterocycles. The lowest BCUT2D eigenvalue weighted by molar-refractivity contribution is 0.0775. The van der Waals surface area contributed by atoms with Crippen molar-refractivity contribution in [1.82, 2.24) is 4.90 Å². The molecule has 1 aromatic heterocycles. The van der Waals surface area contributed by atoms with E-state index in [1.807, 2.05) is 0 Å². The van der Waals surface area contributed by atoms with E-state index in [0.717, 1.165) is 12.8 Å². The molecule has 0 aliphatic carbocycles. The van der Waals surface area contributed by atoms with Crippen molar-refractivity contribution in [2.24, 2.45) is 5.73 Å². The Hall–Kier alpha value is -0.650. The van der Waals surface area contributed by atoms with Crippen molar-refractivity contribution in [1.29, 1.82) is 0 Å². The molecule has 0 bridgehead atoms. The Morgan fingerprint density at radius 3 is 3.00 bits per heavy atom. The molecule has 1 atom stereocenters. The zero-order valence-corrected chi connectivity index (χ0v) is 10.9. The molecule has 2 heterocycles. The Morgan fingerprint density at radius 1 is 1.69 bits per heavy atom. The maximum atomic E-state index is 12.2. The second-order valence-corrected chi connectivity index (χ2v) is 5.45. The Morgan fingerprint density at radius 2 is 2.44 bits per heavy atom. The van der Waals surface area contributed by atoms with Gasteiger partial charge in [0, 0.05) is 6.54 Å². The molecule has 1 aliphatic rings. The third-order valence-electron chi connectivity index (χ3n) is 2.65. The lowest BCUT2D eigenvalue weighted by Gasteiger charge is -2.23. The van der Waals surface area contributed by atoms with E-state index in [-0.39, 0.29) is 11.9 Å². The number of hydrogen-bond donors (Lipinski definition) is 1. The van der Waals surface area contributed by atoms with Crippen LogP contribution in [0.5, 0.6) is 0 Å². The monoisotopic (exact) mass is 274 g/mol. The Bertz CT molecular complexity index is 432. The predicted octanol–water partition coefficient (Wildman–Crippen LogP) is 2.29. The van der Waals surface area contributed by atoms with Crippen molar-refractivity contribution in [2.75, 3.05) is 6.54 Å². The highest BCUT2D eigenvalue weighted by Crippen LogP contribution is 2.27. The number of amides is 1. The second kappa shape index (κ2) is 4.69. The van der Waals surface area contributed by atoms with E-state index in [9.17, 15) is 4.79 Å². The fourth-order valence-corrected chi connectivity index (χ4v) is 3.22. The maximum Gasteiger partial charge on any atom is 0.266 e. The number of halogens is 1. The summed E-state index contributed by atoms with van der Waals surface area (Å²) in [4.78, 5) is 14.9. The molecule has 3 nitrogen and oxygen atoms in total. The van der Waals surface area contributed by atoms with E-state index >= 15 is 0 Å². The molecule has 1 unspecified atom stereocenters. The van der Waals surface area contributed by atoms with Crippen molar-refractivity contribution >= 4 is 46.1 Å². The summed E-state index contributed by atoms with van der Waals surface area (Å²) in [6.45, 7) is 0.703. The number of carbonyl (C=O) groups is 1. The van der Waals surface area contributed by atoms with Crippen LogP contribution in [0.4, 0.5) is 0 Å². The summed E-state index contributed by atoms with van der Waals surface area (Å²) < 4.78 is 0. The standard InChI is InChI=1S/C10H11ClN2OS2/c11-6-3-5-16-8(6)10(14)13-4-1-2-7(13)9(12)15/h3,5,7H,1-2,4H2,(H2,12,15). The van der Waals surface area contributed by atoms with Crippen LogP contribution in [0, 0.1) is 0 Å². The summed E-state index contributed by atoms with van der Waals surface area (Å²) in [5, 5.41) is 2.31. The van der Waals surface area contributed by atoms with Crippen molar-refractivity contribution in [3.05, 3.63) is 21.3 Å². The van der Waals surface area contributed by atoms with E-state index in [2.05, 4.69) is 0 Å². The summed E-state index contributed by atoms with van der Waals surface area (Å²) in [5.41, 5.74) is 5.63. The topological polar surface area (TPSA) is 46.3 Å². The maximum absolute atomic E-state index is 12.2. The fraction of sp³-hybridized carbons (Fsp3) is 0.400.